The number of nitrogens with zero attached hydrogens (tertiary/aromatic N) is 2. The van der Waals surface area contributed by atoms with E-state index in [2.05, 4.69) is 58.4 Å². The van der Waals surface area contributed by atoms with E-state index in [0.29, 0.717) is 0 Å². The van der Waals surface area contributed by atoms with Gasteiger partial charge in [-0.05, 0) is 30.3 Å². The molecular weight excluding hydrogens is 324 g/mol. The van der Waals surface area contributed by atoms with E-state index in [1.54, 1.807) is 0 Å². The number of hydrogen-bond donors (Lipinski definition) is 0. The molecule has 0 bridgehead atoms. The van der Waals surface area contributed by atoms with Crippen LogP contribution in [0.1, 0.15) is 0 Å². The molecule has 0 fully saturated rings. The van der Waals surface area contributed by atoms with Crippen molar-refractivity contribution in [1.29, 1.82) is 0 Å². The average molecular weight is 333 g/mol. The minimum Gasteiger partial charge on any atom is -0.248 e. The minimum absolute atomic E-state index is 1.01. The Morgan fingerprint density at radius 1 is 0.667 bits per heavy atom. The van der Waals surface area contributed by atoms with Gasteiger partial charge in [-0.1, -0.05) is 40.2 Å². The Morgan fingerprint density at radius 3 is 2.52 bits per heavy atom. The quantitative estimate of drug-likeness (QED) is 0.410. The van der Waals surface area contributed by atoms with E-state index in [1.165, 1.54) is 10.4 Å². The van der Waals surface area contributed by atoms with Crippen LogP contribution in [0.2, 0.25) is 0 Å². The molecule has 3 aromatic rings. The van der Waals surface area contributed by atoms with Gasteiger partial charge in [-0.25, -0.2) is 9.98 Å². The molecule has 0 saturated heterocycles. The lowest BCUT2D eigenvalue weighted by Gasteiger charge is -2.04. The van der Waals surface area contributed by atoms with Crippen molar-refractivity contribution < 1.29 is 0 Å². The van der Waals surface area contributed by atoms with Gasteiger partial charge in [0.05, 0.1) is 22.1 Å². The minimum atomic E-state index is 1.01. The van der Waals surface area contributed by atoms with Crippen LogP contribution in [0.25, 0.3) is 11.1 Å². The lowest BCUT2D eigenvalue weighted by molar-refractivity contribution is 1.36. The van der Waals surface area contributed by atoms with Crippen molar-refractivity contribution in [2.24, 2.45) is 9.98 Å². The highest BCUT2D eigenvalue weighted by Crippen LogP contribution is 2.43. The van der Waals surface area contributed by atoms with E-state index in [4.69, 9.17) is 9.98 Å². The summed E-state index contributed by atoms with van der Waals surface area (Å²) in [6, 6.07) is 18.6. The van der Waals surface area contributed by atoms with Crippen molar-refractivity contribution in [3.63, 3.8) is 0 Å². The first-order chi connectivity index (χ1) is 10.3. The Labute approximate surface area is 129 Å². The van der Waals surface area contributed by atoms with Gasteiger partial charge in [-0.15, -0.1) is 0 Å². The third-order valence-corrected chi connectivity index (χ3v) is 4.73. The summed E-state index contributed by atoms with van der Waals surface area (Å²) in [4.78, 5) is 9.57. The van der Waals surface area contributed by atoms with Gasteiger partial charge in [0.25, 0.3) is 0 Å². The van der Waals surface area contributed by atoms with Gasteiger partial charge in [-0.3, -0.25) is 0 Å². The molecule has 2 aliphatic heterocycles. The lowest BCUT2D eigenvalue weighted by atomic mass is 10.0. The molecule has 0 atom stereocenters. The average Bonchev–Trinajstić information content (AvgIpc) is 3.05. The van der Waals surface area contributed by atoms with E-state index in [1.807, 2.05) is 12.1 Å². The molecule has 0 amide bonds. The van der Waals surface area contributed by atoms with Crippen molar-refractivity contribution in [3.8, 4) is 11.1 Å². The van der Waals surface area contributed by atoms with Crippen LogP contribution in [0.3, 0.4) is 0 Å². The highest BCUT2D eigenvalue weighted by Gasteiger charge is 2.22. The van der Waals surface area contributed by atoms with Crippen LogP contribution in [0.15, 0.2) is 69.1 Å². The third kappa shape index (κ3) is 1.41. The molecule has 2 aliphatic rings. The zero-order valence-electron chi connectivity index (χ0n) is 11.0. The molecule has 0 unspecified atom stereocenters. The number of fused-ring (bicyclic) bond motifs is 6. The summed E-state index contributed by atoms with van der Waals surface area (Å²) < 4.78 is 1.07. The van der Waals surface area contributed by atoms with Gasteiger partial charge in [0.2, 0.25) is 0 Å². The summed E-state index contributed by atoms with van der Waals surface area (Å²) in [5, 5.41) is 4.45. The van der Waals surface area contributed by atoms with Crippen LogP contribution in [-0.2, 0) is 0 Å². The molecule has 0 radical (unpaired) electrons. The summed E-state index contributed by atoms with van der Waals surface area (Å²) in [6.07, 6.45) is 0. The van der Waals surface area contributed by atoms with E-state index in [9.17, 15) is 0 Å². The van der Waals surface area contributed by atoms with Crippen LogP contribution >= 0.6 is 15.9 Å². The van der Waals surface area contributed by atoms with E-state index in [-0.39, 0.29) is 0 Å². The zero-order chi connectivity index (χ0) is 14.0. The summed E-state index contributed by atoms with van der Waals surface area (Å²) in [6.45, 7) is 0. The molecule has 0 N–H and O–H groups in total. The molecule has 0 aromatic heterocycles. The normalized spacial score (nSPS) is 12.8. The van der Waals surface area contributed by atoms with E-state index in [0.717, 1.165) is 37.7 Å². The van der Waals surface area contributed by atoms with Crippen LogP contribution in [-0.4, -0.2) is 0 Å². The second kappa shape index (κ2) is 3.89. The molecule has 0 aliphatic carbocycles. The molecule has 5 rings (SSSR count). The number of rotatable bonds is 0. The molecule has 98 valence electrons. The van der Waals surface area contributed by atoms with Gasteiger partial charge in [0.15, 0.2) is 0 Å². The second-order valence-corrected chi connectivity index (χ2v) is 6.08. The van der Waals surface area contributed by atoms with Crippen molar-refractivity contribution >= 4 is 27.3 Å². The molecule has 2 nitrogen and oxygen atoms in total. The predicted molar refractivity (Wildman–Crippen MR) is 85.3 cm³/mol. The Balaban J connectivity index is 2.03. The first-order valence-corrected chi connectivity index (χ1v) is 7.61. The fourth-order valence-corrected chi connectivity index (χ4v) is 3.71. The fourth-order valence-electron chi connectivity index (χ4n) is 3.16. The number of hydrogen-bond acceptors (Lipinski definition) is 2. The first-order valence-electron chi connectivity index (χ1n) is 6.82. The van der Waals surface area contributed by atoms with Crippen LogP contribution in [0.5, 0.6) is 0 Å². The Hall–Kier alpha value is -2.26. The van der Waals surface area contributed by atoms with Crippen molar-refractivity contribution in [3.05, 3.63) is 80.2 Å². The smallest absolute Gasteiger partial charge is 0.0817 e. The first kappa shape index (κ1) is 11.4. The Kier molecular flexibility index (Phi) is 2.11. The Bertz CT molecular complexity index is 1150. The highest BCUT2D eigenvalue weighted by atomic mass is 79.9. The maximum atomic E-state index is 4.85. The number of para-hydroxylation sites is 1. The predicted octanol–water partition coefficient (Wildman–Crippen LogP) is 3.93. The molecule has 2 heterocycles. The molecule has 0 spiro atoms. The zero-order valence-corrected chi connectivity index (χ0v) is 12.6. The summed E-state index contributed by atoms with van der Waals surface area (Å²) in [7, 11) is 0. The molecule has 3 aromatic carbocycles. The van der Waals surface area contributed by atoms with Gasteiger partial charge < -0.3 is 0 Å². The standard InChI is InChI=1S/C18H9BrN2/c19-12-5-3-7-14-16(12)17-15(20-14)9-8-11-10-4-1-2-6-13(10)21-18(11)17/h1-9H. The van der Waals surface area contributed by atoms with Gasteiger partial charge >= 0.3 is 0 Å². The topological polar surface area (TPSA) is 24.7 Å². The summed E-state index contributed by atoms with van der Waals surface area (Å²) in [5.41, 5.74) is 4.36. The van der Waals surface area contributed by atoms with Crippen molar-refractivity contribution in [2.45, 2.75) is 0 Å². The maximum absolute atomic E-state index is 4.85. The molecule has 0 saturated carbocycles. The fraction of sp³-hybridized carbons (Fsp3) is 0. The van der Waals surface area contributed by atoms with Crippen LogP contribution in [0, 0.1) is 10.4 Å². The van der Waals surface area contributed by atoms with E-state index >= 15 is 0 Å². The summed E-state index contributed by atoms with van der Waals surface area (Å²) >= 11 is 3.66. The SMILES string of the molecule is Brc1cccc2c1-c1c3c(ccc1=N2)=c1ccccc1=N3. The Morgan fingerprint density at radius 2 is 1.57 bits per heavy atom. The number of halogens is 1. The largest absolute Gasteiger partial charge is 0.248 e. The highest BCUT2D eigenvalue weighted by molar-refractivity contribution is 9.10. The second-order valence-electron chi connectivity index (χ2n) is 5.23. The van der Waals surface area contributed by atoms with Crippen LogP contribution < -0.4 is 10.7 Å². The molecule has 3 heteroatoms. The van der Waals surface area contributed by atoms with Crippen LogP contribution in [0.4, 0.5) is 11.4 Å². The molecular formula is C18H9BrN2. The number of benzene rings is 3. The summed E-state index contributed by atoms with van der Waals surface area (Å²) in [5.74, 6) is 0. The lowest BCUT2D eigenvalue weighted by Crippen LogP contribution is -2.00. The monoisotopic (exact) mass is 332 g/mol. The van der Waals surface area contributed by atoms with E-state index < -0.39 is 0 Å². The maximum Gasteiger partial charge on any atom is 0.0817 e. The third-order valence-electron chi connectivity index (χ3n) is 4.06. The van der Waals surface area contributed by atoms with Gasteiger partial charge in [-0.2, -0.15) is 0 Å². The molecule has 21 heavy (non-hydrogen) atoms. The van der Waals surface area contributed by atoms with Gasteiger partial charge in [0, 0.05) is 26.0 Å². The van der Waals surface area contributed by atoms with Gasteiger partial charge in [0.1, 0.15) is 0 Å². The van der Waals surface area contributed by atoms with Crippen molar-refractivity contribution in [1.82, 2.24) is 0 Å². The van der Waals surface area contributed by atoms with Crippen molar-refractivity contribution in [2.75, 3.05) is 0 Å².